The van der Waals surface area contributed by atoms with Gasteiger partial charge in [-0.2, -0.15) is 0 Å². The number of halogens is 2. The van der Waals surface area contributed by atoms with Crippen LogP contribution in [0.3, 0.4) is 0 Å². The third-order valence-corrected chi connectivity index (χ3v) is 3.83. The number of methoxy groups -OCH3 is 1. The van der Waals surface area contributed by atoms with Gasteiger partial charge in [-0.15, -0.1) is 0 Å². The maximum atomic E-state index is 14.3. The van der Waals surface area contributed by atoms with Gasteiger partial charge < -0.3 is 14.9 Å². The van der Waals surface area contributed by atoms with E-state index >= 15 is 0 Å². The van der Waals surface area contributed by atoms with Crippen LogP contribution in [-0.4, -0.2) is 23.9 Å². The van der Waals surface area contributed by atoms with Gasteiger partial charge in [0.25, 0.3) is 0 Å². The van der Waals surface area contributed by atoms with Gasteiger partial charge in [0.1, 0.15) is 11.6 Å². The van der Waals surface area contributed by atoms with Crippen LogP contribution in [0.25, 0.3) is 11.1 Å². The Labute approximate surface area is 154 Å². The zero-order chi connectivity index (χ0) is 19.2. The fourth-order valence-electron chi connectivity index (χ4n) is 2.31. The summed E-state index contributed by atoms with van der Waals surface area (Å²) < 4.78 is 19.4. The largest absolute Gasteiger partial charge is 0.497 e. The summed E-state index contributed by atoms with van der Waals surface area (Å²) in [5, 5.41) is 18.7. The molecule has 0 radical (unpaired) electrons. The van der Waals surface area contributed by atoms with E-state index < -0.39 is 11.5 Å². The highest BCUT2D eigenvalue weighted by Gasteiger charge is 2.27. The van der Waals surface area contributed by atoms with E-state index in [0.717, 1.165) is 0 Å². The third-order valence-electron chi connectivity index (χ3n) is 3.59. The van der Waals surface area contributed by atoms with Crippen LogP contribution in [0.2, 0.25) is 5.02 Å². The number of aliphatic hydroxyl groups is 2. The molecule has 0 aliphatic carbocycles. The Bertz CT molecular complexity index is 696. The van der Waals surface area contributed by atoms with E-state index in [1.54, 1.807) is 37.3 Å². The lowest BCUT2D eigenvalue weighted by Gasteiger charge is -2.28. The van der Waals surface area contributed by atoms with Crippen LogP contribution < -0.4 is 4.74 Å². The first-order valence-corrected chi connectivity index (χ1v) is 8.45. The van der Waals surface area contributed by atoms with E-state index in [9.17, 15) is 9.50 Å². The molecule has 5 heteroatoms. The Kier molecular flexibility index (Phi) is 7.87. The van der Waals surface area contributed by atoms with Gasteiger partial charge in [-0.05, 0) is 53.8 Å². The molecular formula is C20H26ClFO3. The molecule has 0 spiro atoms. The molecule has 25 heavy (non-hydrogen) atoms. The standard InChI is InChI=1S/C18H20ClFO2.C2H6O/c1-18(2,3)17(21)15-9-11(19)5-7-13(15)14-10-12(22-4)6-8-16(14)20;1-2-3/h5-10,17,21H,1-4H3;3H,2H2,1H3. The molecule has 0 amide bonds. The van der Waals surface area contributed by atoms with E-state index in [2.05, 4.69) is 0 Å². The van der Waals surface area contributed by atoms with Crippen molar-refractivity contribution in [2.24, 2.45) is 5.41 Å². The first-order valence-electron chi connectivity index (χ1n) is 8.08. The second kappa shape index (κ2) is 9.18. The van der Waals surface area contributed by atoms with Crippen molar-refractivity contribution in [1.82, 2.24) is 0 Å². The highest BCUT2D eigenvalue weighted by Crippen LogP contribution is 2.40. The highest BCUT2D eigenvalue weighted by molar-refractivity contribution is 6.30. The fraction of sp³-hybridized carbons (Fsp3) is 0.400. The lowest BCUT2D eigenvalue weighted by atomic mass is 9.82. The van der Waals surface area contributed by atoms with Crippen LogP contribution in [-0.2, 0) is 0 Å². The molecule has 2 aromatic rings. The molecule has 1 atom stereocenters. The summed E-state index contributed by atoms with van der Waals surface area (Å²) in [4.78, 5) is 0. The Morgan fingerprint density at radius 2 is 1.72 bits per heavy atom. The molecule has 2 rings (SSSR count). The summed E-state index contributed by atoms with van der Waals surface area (Å²) >= 11 is 6.07. The van der Waals surface area contributed by atoms with Gasteiger partial charge in [0.15, 0.2) is 0 Å². The summed E-state index contributed by atoms with van der Waals surface area (Å²) in [5.74, 6) is 0.188. The SMILES string of the molecule is CCO.COc1ccc(F)c(-c2ccc(Cl)cc2C(O)C(C)(C)C)c1. The molecule has 0 heterocycles. The Morgan fingerprint density at radius 1 is 1.12 bits per heavy atom. The van der Waals surface area contributed by atoms with Crippen molar-refractivity contribution in [3.8, 4) is 16.9 Å². The number of aliphatic hydroxyl groups excluding tert-OH is 2. The molecule has 1 unspecified atom stereocenters. The lowest BCUT2D eigenvalue weighted by molar-refractivity contribution is 0.0631. The Hall–Kier alpha value is -1.62. The molecular weight excluding hydrogens is 343 g/mol. The minimum atomic E-state index is -0.771. The van der Waals surface area contributed by atoms with Crippen LogP contribution in [0, 0.1) is 11.2 Å². The van der Waals surface area contributed by atoms with Crippen LogP contribution in [0.15, 0.2) is 36.4 Å². The number of ether oxygens (including phenoxy) is 1. The number of rotatable bonds is 3. The maximum Gasteiger partial charge on any atom is 0.131 e. The fourth-order valence-corrected chi connectivity index (χ4v) is 2.49. The molecule has 2 N–H and O–H groups in total. The van der Waals surface area contributed by atoms with E-state index in [-0.39, 0.29) is 12.4 Å². The predicted molar refractivity (Wildman–Crippen MR) is 101 cm³/mol. The second-order valence-electron chi connectivity index (χ2n) is 6.66. The van der Waals surface area contributed by atoms with Crippen molar-refractivity contribution >= 4 is 11.6 Å². The summed E-state index contributed by atoms with van der Waals surface area (Å²) in [7, 11) is 1.53. The van der Waals surface area contributed by atoms with Gasteiger partial charge in [-0.3, -0.25) is 0 Å². The Morgan fingerprint density at radius 3 is 2.24 bits per heavy atom. The number of benzene rings is 2. The van der Waals surface area contributed by atoms with Crippen molar-refractivity contribution in [2.45, 2.75) is 33.8 Å². The van der Waals surface area contributed by atoms with Crippen molar-refractivity contribution in [3.63, 3.8) is 0 Å². The molecule has 0 aliphatic heterocycles. The van der Waals surface area contributed by atoms with Crippen molar-refractivity contribution in [1.29, 1.82) is 0 Å². The minimum absolute atomic E-state index is 0.250. The van der Waals surface area contributed by atoms with E-state index in [1.807, 2.05) is 20.8 Å². The molecule has 0 saturated carbocycles. The molecule has 3 nitrogen and oxygen atoms in total. The smallest absolute Gasteiger partial charge is 0.131 e. The lowest BCUT2D eigenvalue weighted by Crippen LogP contribution is -2.18. The van der Waals surface area contributed by atoms with Crippen molar-refractivity contribution in [3.05, 3.63) is 52.8 Å². The molecule has 2 aromatic carbocycles. The van der Waals surface area contributed by atoms with E-state index in [4.69, 9.17) is 21.4 Å². The summed E-state index contributed by atoms with van der Waals surface area (Å²) in [5.41, 5.74) is 1.21. The first kappa shape index (κ1) is 21.4. The number of hydrogen-bond acceptors (Lipinski definition) is 3. The van der Waals surface area contributed by atoms with Gasteiger partial charge in [0.2, 0.25) is 0 Å². The van der Waals surface area contributed by atoms with Gasteiger partial charge >= 0.3 is 0 Å². The quantitative estimate of drug-likeness (QED) is 0.779. The molecule has 0 fully saturated rings. The van der Waals surface area contributed by atoms with Crippen LogP contribution in [0.1, 0.15) is 39.4 Å². The third kappa shape index (κ3) is 5.70. The van der Waals surface area contributed by atoms with E-state index in [0.29, 0.717) is 27.5 Å². The monoisotopic (exact) mass is 368 g/mol. The average Bonchev–Trinajstić information content (AvgIpc) is 2.55. The molecule has 0 bridgehead atoms. The highest BCUT2D eigenvalue weighted by atomic mass is 35.5. The zero-order valence-electron chi connectivity index (χ0n) is 15.3. The molecule has 0 saturated heterocycles. The summed E-state index contributed by atoms with van der Waals surface area (Å²) in [6.45, 7) is 7.69. The predicted octanol–water partition coefficient (Wildman–Crippen LogP) is 5.23. The van der Waals surface area contributed by atoms with Crippen molar-refractivity contribution < 1.29 is 19.3 Å². The average molecular weight is 369 g/mol. The van der Waals surface area contributed by atoms with Gasteiger partial charge in [-0.25, -0.2) is 4.39 Å². The number of hydrogen-bond donors (Lipinski definition) is 2. The van der Waals surface area contributed by atoms with Crippen LogP contribution in [0.4, 0.5) is 4.39 Å². The zero-order valence-corrected chi connectivity index (χ0v) is 16.1. The normalized spacial score (nSPS) is 12.2. The molecule has 138 valence electrons. The van der Waals surface area contributed by atoms with Crippen LogP contribution in [0.5, 0.6) is 5.75 Å². The second-order valence-corrected chi connectivity index (χ2v) is 7.10. The summed E-state index contributed by atoms with van der Waals surface area (Å²) in [6.07, 6.45) is -0.771. The minimum Gasteiger partial charge on any atom is -0.497 e. The first-order chi connectivity index (χ1) is 11.6. The maximum absolute atomic E-state index is 14.3. The Balaban J connectivity index is 0.000000970. The summed E-state index contributed by atoms with van der Waals surface area (Å²) in [6, 6.07) is 9.65. The van der Waals surface area contributed by atoms with Gasteiger partial charge in [0, 0.05) is 17.2 Å². The van der Waals surface area contributed by atoms with Crippen LogP contribution >= 0.6 is 11.6 Å². The topological polar surface area (TPSA) is 49.7 Å². The van der Waals surface area contributed by atoms with Gasteiger partial charge in [-0.1, -0.05) is 38.4 Å². The molecule has 0 aliphatic rings. The molecule has 0 aromatic heterocycles. The van der Waals surface area contributed by atoms with Crippen molar-refractivity contribution in [2.75, 3.05) is 13.7 Å². The van der Waals surface area contributed by atoms with Gasteiger partial charge in [0.05, 0.1) is 13.2 Å². The van der Waals surface area contributed by atoms with E-state index in [1.165, 1.54) is 13.2 Å².